The summed E-state index contributed by atoms with van der Waals surface area (Å²) in [5.41, 5.74) is 5.41. The van der Waals surface area contributed by atoms with Crippen LogP contribution in [0.1, 0.15) is 45.8 Å². The number of allylic oxidation sites excluding steroid dienone is 3. The molecule has 67 heavy (non-hydrogen) atoms. The van der Waals surface area contributed by atoms with E-state index in [-0.39, 0.29) is 48.7 Å². The van der Waals surface area contributed by atoms with Crippen LogP contribution in [-0.4, -0.2) is 106 Å². The lowest BCUT2D eigenvalue weighted by Crippen LogP contribution is -2.53. The summed E-state index contributed by atoms with van der Waals surface area (Å²) >= 11 is 0. The molecule has 4 N–H and O–H groups in total. The second-order valence-electron chi connectivity index (χ2n) is 18.2. The van der Waals surface area contributed by atoms with E-state index in [9.17, 15) is 19.2 Å². The first-order valence-electron chi connectivity index (χ1n) is 22.9. The fraction of sp³-hybridized carbons (Fsp3) is 0.385. The van der Waals surface area contributed by atoms with Crippen LogP contribution in [0, 0.1) is 29.6 Å². The monoisotopic (exact) mass is 908 g/mol. The number of fused-ring (bicyclic) bond motifs is 6. The van der Waals surface area contributed by atoms with Gasteiger partial charge in [-0.15, -0.1) is 6.58 Å². The van der Waals surface area contributed by atoms with Gasteiger partial charge in [-0.1, -0.05) is 94.5 Å². The van der Waals surface area contributed by atoms with Crippen LogP contribution < -0.4 is 10.6 Å². The van der Waals surface area contributed by atoms with Crippen LogP contribution in [0.25, 0.3) is 54.7 Å². The van der Waals surface area contributed by atoms with Crippen molar-refractivity contribution in [3.63, 3.8) is 0 Å². The molecule has 4 amide bonds. The predicted molar refractivity (Wildman–Crippen MR) is 260 cm³/mol. The highest BCUT2D eigenvalue weighted by Gasteiger charge is 2.50. The molecule has 1 fully saturated rings. The van der Waals surface area contributed by atoms with Crippen LogP contribution in [0.4, 0.5) is 9.59 Å². The van der Waals surface area contributed by atoms with Gasteiger partial charge in [-0.3, -0.25) is 9.59 Å². The van der Waals surface area contributed by atoms with Crippen molar-refractivity contribution in [1.82, 2.24) is 40.4 Å². The van der Waals surface area contributed by atoms with Crippen LogP contribution in [0.5, 0.6) is 0 Å². The van der Waals surface area contributed by atoms with E-state index < -0.39 is 24.3 Å². The van der Waals surface area contributed by atoms with Gasteiger partial charge in [-0.2, -0.15) is 0 Å². The molecule has 2 aromatic heterocycles. The van der Waals surface area contributed by atoms with E-state index in [4.69, 9.17) is 24.2 Å². The van der Waals surface area contributed by atoms with Gasteiger partial charge in [-0.05, 0) is 70.3 Å². The summed E-state index contributed by atoms with van der Waals surface area (Å²) < 4.78 is 15.2. The highest BCUT2D eigenvalue weighted by atomic mass is 16.5. The molecule has 1 saturated carbocycles. The number of nitrogens with one attached hydrogen (secondary N) is 4. The van der Waals surface area contributed by atoms with E-state index in [0.29, 0.717) is 43.1 Å². The van der Waals surface area contributed by atoms with Crippen LogP contribution in [0.15, 0.2) is 97.6 Å². The summed E-state index contributed by atoms with van der Waals surface area (Å²) in [5, 5.41) is 9.60. The number of rotatable bonds is 17. The quantitative estimate of drug-likeness (QED) is 0.0653. The number of alkyl carbamates (subject to hydrolysis) is 2. The molecule has 2 aliphatic carbocycles. The maximum absolute atomic E-state index is 14.4. The Hall–Kier alpha value is -7.00. The van der Waals surface area contributed by atoms with E-state index in [1.807, 2.05) is 55.2 Å². The van der Waals surface area contributed by atoms with Gasteiger partial charge >= 0.3 is 12.2 Å². The summed E-state index contributed by atoms with van der Waals surface area (Å²) in [6.07, 6.45) is 8.76. The summed E-state index contributed by atoms with van der Waals surface area (Å²) in [4.78, 5) is 73.7. The van der Waals surface area contributed by atoms with Gasteiger partial charge in [0.15, 0.2) is 0 Å². The number of methoxy groups -OCH3 is 3. The van der Waals surface area contributed by atoms with Crippen LogP contribution >= 0.6 is 0 Å². The first-order chi connectivity index (χ1) is 32.3. The van der Waals surface area contributed by atoms with Gasteiger partial charge in [0, 0.05) is 42.3 Å². The second-order valence-corrected chi connectivity index (χ2v) is 18.2. The number of hydrogen-bond acceptors (Lipinski definition) is 9. The molecule has 4 aromatic carbocycles. The van der Waals surface area contributed by atoms with Crippen molar-refractivity contribution in [2.24, 2.45) is 29.6 Å². The molecule has 7 atom stereocenters. The lowest BCUT2D eigenvalue weighted by molar-refractivity contribution is -0.136. The molecule has 0 spiro atoms. The van der Waals surface area contributed by atoms with Crippen molar-refractivity contribution in [3.8, 4) is 11.1 Å². The normalized spacial score (nSPS) is 19.0. The molecule has 6 aromatic rings. The Morgan fingerprint density at radius 3 is 1.88 bits per heavy atom. The zero-order valence-electron chi connectivity index (χ0n) is 39.2. The molecule has 8 rings (SSSR count). The maximum Gasteiger partial charge on any atom is 0.407 e. The molecule has 0 bridgehead atoms. The third-order valence-corrected chi connectivity index (χ3v) is 13.5. The molecule has 0 saturated heterocycles. The van der Waals surface area contributed by atoms with Gasteiger partial charge in [0.25, 0.3) is 0 Å². The molecule has 350 valence electrons. The Balaban J connectivity index is 1.05. The van der Waals surface area contributed by atoms with E-state index in [1.54, 1.807) is 18.1 Å². The second kappa shape index (κ2) is 19.8. The molecular weight excluding hydrogens is 849 g/mol. The third kappa shape index (κ3) is 9.78. The van der Waals surface area contributed by atoms with Crippen molar-refractivity contribution in [1.29, 1.82) is 0 Å². The summed E-state index contributed by atoms with van der Waals surface area (Å²) in [5.74, 6) is 0.949. The average Bonchev–Trinajstić information content (AvgIpc) is 3.63. The Bertz CT molecular complexity index is 2890. The number of aromatic nitrogens is 4. The molecule has 2 heterocycles. The largest absolute Gasteiger partial charge is 0.453 e. The van der Waals surface area contributed by atoms with E-state index in [0.717, 1.165) is 54.7 Å². The number of imidazole rings is 2. The van der Waals surface area contributed by atoms with E-state index in [2.05, 4.69) is 89.6 Å². The molecule has 2 aliphatic rings. The number of ether oxygens (including phenoxy) is 3. The molecule has 0 radical (unpaired) electrons. The molecular formula is C52H60N8O7. The number of benzene rings is 4. The number of hydrogen-bond donors (Lipinski definition) is 4. The minimum absolute atomic E-state index is 0.0371. The first-order valence-corrected chi connectivity index (χ1v) is 22.9. The Morgan fingerprint density at radius 1 is 0.791 bits per heavy atom. The predicted octanol–water partition coefficient (Wildman–Crippen LogP) is 8.41. The highest BCUT2D eigenvalue weighted by Crippen LogP contribution is 2.43. The lowest BCUT2D eigenvalue weighted by Gasteiger charge is -2.32. The number of aromatic amines is 2. The average molecular weight is 909 g/mol. The minimum Gasteiger partial charge on any atom is -0.453 e. The lowest BCUT2D eigenvalue weighted by atomic mass is 9.91. The van der Waals surface area contributed by atoms with E-state index >= 15 is 0 Å². The number of carbonyl (C=O) groups excluding carboxylic acids is 4. The Morgan fingerprint density at radius 2 is 1.37 bits per heavy atom. The minimum atomic E-state index is -0.863. The molecule has 15 heteroatoms. The number of H-pyrrole nitrogens is 2. The fourth-order valence-electron chi connectivity index (χ4n) is 9.49. The van der Waals surface area contributed by atoms with Gasteiger partial charge in [0.2, 0.25) is 11.8 Å². The first kappa shape index (κ1) is 46.5. The number of nitrogens with zero attached hydrogens (tertiary/aromatic N) is 4. The van der Waals surface area contributed by atoms with Crippen molar-refractivity contribution in [3.05, 3.63) is 109 Å². The zero-order chi connectivity index (χ0) is 47.5. The number of carbonyl (C=O) groups is 4. The summed E-state index contributed by atoms with van der Waals surface area (Å²) in [7, 11) is 4.19. The van der Waals surface area contributed by atoms with Crippen molar-refractivity contribution < 1.29 is 33.4 Å². The molecule has 15 nitrogen and oxygen atoms in total. The topological polar surface area (TPSA) is 184 Å². The Labute approximate surface area is 390 Å². The standard InChI is InChI=1S/C52H60N8O7/c1-9-32(28-65-6)25-59(49(61)45(58-52(64)67-8)33-13-11-10-12-14-33)26-42-53-40-21-17-36-23-34(15-19-38(36)46(40)55-42)35-16-20-39-37(24-35)18-22-41-47(39)56-43(54-41)27-60(48-30(4)31(48)5)50(62)44(29(2)3)57-51(63)66-7/h9-13,15-24,29-33,44-45,48H,1,14,25-28H2,2-8H3,(H,53,55)(H,54,56)(H,57,63)(H,58,64)/t30-,31+,32?,33?,44-,45+,48-/m0/s1. The van der Waals surface area contributed by atoms with Gasteiger partial charge < -0.3 is 44.6 Å². The fourth-order valence-corrected chi connectivity index (χ4v) is 9.49. The Kier molecular flexibility index (Phi) is 13.8. The van der Waals surface area contributed by atoms with Gasteiger partial charge in [0.05, 0.1) is 56.0 Å². The summed E-state index contributed by atoms with van der Waals surface area (Å²) in [6.45, 7) is 13.2. The molecule has 2 unspecified atom stereocenters. The van der Waals surface area contributed by atoms with Crippen LogP contribution in [0.2, 0.25) is 0 Å². The van der Waals surface area contributed by atoms with Crippen LogP contribution in [-0.2, 0) is 36.9 Å². The number of amides is 4. The SMILES string of the molecule is C=CC(COC)CN(Cc1nc2ccc3cc(-c4ccc5c(ccc6nc(CN(C(=O)[C@@H](NC(=O)OC)C(C)C)[C@@H]7[C@H](C)[C@@H]7C)[nH]c65)c4)ccc3c2[nH]1)C(=O)[C@H](NC(=O)OC)C1C=CC=CC1. The maximum atomic E-state index is 14.4. The van der Waals surface area contributed by atoms with Crippen molar-refractivity contribution in [2.45, 2.75) is 65.3 Å². The molecule has 0 aliphatic heterocycles. The highest BCUT2D eigenvalue weighted by molar-refractivity contribution is 6.07. The third-order valence-electron chi connectivity index (χ3n) is 13.5. The smallest absolute Gasteiger partial charge is 0.407 e. The zero-order valence-corrected chi connectivity index (χ0v) is 39.2. The summed E-state index contributed by atoms with van der Waals surface area (Å²) in [6, 6.07) is 19.3. The van der Waals surface area contributed by atoms with Gasteiger partial charge in [-0.25, -0.2) is 19.6 Å². The van der Waals surface area contributed by atoms with Crippen molar-refractivity contribution >= 4 is 67.6 Å². The van der Waals surface area contributed by atoms with Crippen molar-refractivity contribution in [2.75, 3.05) is 34.5 Å². The van der Waals surface area contributed by atoms with Crippen LogP contribution in [0.3, 0.4) is 0 Å². The van der Waals surface area contributed by atoms with Gasteiger partial charge in [0.1, 0.15) is 23.7 Å². The van der Waals surface area contributed by atoms with E-state index in [1.165, 1.54) is 14.2 Å².